The van der Waals surface area contributed by atoms with E-state index in [4.69, 9.17) is 4.98 Å². The normalized spacial score (nSPS) is 16.8. The molecule has 3 aromatic heterocycles. The molecule has 1 saturated heterocycles. The minimum absolute atomic E-state index is 0.0925. The molecule has 0 saturated carbocycles. The van der Waals surface area contributed by atoms with E-state index in [2.05, 4.69) is 40.7 Å². The highest BCUT2D eigenvalue weighted by Gasteiger charge is 2.26. The average molecular weight is 400 g/mol. The minimum Gasteiger partial charge on any atom is -0.338 e. The van der Waals surface area contributed by atoms with Crippen LogP contribution in [0.5, 0.6) is 0 Å². The van der Waals surface area contributed by atoms with Gasteiger partial charge >= 0.3 is 0 Å². The van der Waals surface area contributed by atoms with E-state index in [1.807, 2.05) is 35.2 Å². The molecule has 1 atom stereocenters. The van der Waals surface area contributed by atoms with Gasteiger partial charge in [0, 0.05) is 41.8 Å². The van der Waals surface area contributed by atoms with Gasteiger partial charge < -0.3 is 4.90 Å². The van der Waals surface area contributed by atoms with Crippen molar-refractivity contribution < 1.29 is 4.79 Å². The third-order valence-corrected chi connectivity index (χ3v) is 6.41. The lowest BCUT2D eigenvalue weighted by Crippen LogP contribution is -2.39. The Balaban J connectivity index is 1.37. The van der Waals surface area contributed by atoms with Crippen LogP contribution in [0.3, 0.4) is 0 Å². The van der Waals surface area contributed by atoms with E-state index >= 15 is 0 Å². The number of piperidine rings is 1. The van der Waals surface area contributed by atoms with Gasteiger partial charge in [0.2, 0.25) is 0 Å². The zero-order chi connectivity index (χ0) is 19.6. The maximum Gasteiger partial charge on any atom is 0.253 e. The Bertz CT molecular complexity index is 1160. The van der Waals surface area contributed by atoms with Gasteiger partial charge in [-0.25, -0.2) is 0 Å². The molecule has 0 bridgehead atoms. The highest BCUT2D eigenvalue weighted by molar-refractivity contribution is 7.13. The lowest BCUT2D eigenvalue weighted by molar-refractivity contribution is 0.0706. The fraction of sp³-hybridized carbons (Fsp3) is 0.208. The third kappa shape index (κ3) is 3.66. The van der Waals surface area contributed by atoms with Crippen LogP contribution >= 0.6 is 11.3 Å². The quantitative estimate of drug-likeness (QED) is 0.465. The van der Waals surface area contributed by atoms with Gasteiger partial charge in [0.15, 0.2) is 0 Å². The van der Waals surface area contributed by atoms with Crippen LogP contribution in [0, 0.1) is 0 Å². The first-order chi connectivity index (χ1) is 14.3. The molecule has 4 nitrogen and oxygen atoms in total. The fourth-order valence-corrected chi connectivity index (χ4v) is 4.73. The van der Waals surface area contributed by atoms with Gasteiger partial charge in [-0.2, -0.15) is 0 Å². The number of carbonyl (C=O) groups is 1. The number of hydrogen-bond acceptors (Lipinski definition) is 4. The first kappa shape index (κ1) is 18.0. The van der Waals surface area contributed by atoms with Gasteiger partial charge in [0.05, 0.1) is 16.1 Å². The zero-order valence-corrected chi connectivity index (χ0v) is 16.8. The molecular formula is C24H21N3OS. The maximum atomic E-state index is 13.2. The number of benzene rings is 1. The molecule has 1 amide bonds. The molecule has 4 heterocycles. The summed E-state index contributed by atoms with van der Waals surface area (Å²) in [5, 5.41) is 3.07. The SMILES string of the molecule is O=C(c1ccc2ncccc2c1)N1CCC[C@H](c2cccc(-c3cccs3)n2)C1. The molecule has 4 aromatic rings. The second kappa shape index (κ2) is 7.76. The number of amides is 1. The maximum absolute atomic E-state index is 13.2. The Hall–Kier alpha value is -3.05. The van der Waals surface area contributed by atoms with E-state index in [1.54, 1.807) is 17.5 Å². The van der Waals surface area contributed by atoms with E-state index in [0.717, 1.165) is 47.2 Å². The monoisotopic (exact) mass is 399 g/mol. The highest BCUT2D eigenvalue weighted by atomic mass is 32.1. The van der Waals surface area contributed by atoms with Gasteiger partial charge in [-0.05, 0) is 60.7 Å². The van der Waals surface area contributed by atoms with Crippen molar-refractivity contribution in [3.05, 3.63) is 83.5 Å². The first-order valence-corrected chi connectivity index (χ1v) is 10.8. The number of likely N-dealkylation sites (tertiary alicyclic amines) is 1. The standard InChI is InChI=1S/C24H21N3OS/c28-24(18-10-11-20-17(15-18)5-2-12-25-20)27-13-3-6-19(16-27)21-7-1-8-22(26-21)23-9-4-14-29-23/h1-2,4-5,7-12,14-15,19H,3,6,13,16H2/t19-/m0/s1. The average Bonchev–Trinajstić information content (AvgIpc) is 3.33. The largest absolute Gasteiger partial charge is 0.338 e. The topological polar surface area (TPSA) is 46.1 Å². The van der Waals surface area contributed by atoms with E-state index in [9.17, 15) is 4.79 Å². The number of carbonyl (C=O) groups excluding carboxylic acids is 1. The highest BCUT2D eigenvalue weighted by Crippen LogP contribution is 2.30. The summed E-state index contributed by atoms with van der Waals surface area (Å²) in [6.45, 7) is 1.51. The Kier molecular flexibility index (Phi) is 4.82. The summed E-state index contributed by atoms with van der Waals surface area (Å²) >= 11 is 1.70. The number of rotatable bonds is 3. The molecule has 1 aromatic carbocycles. The number of aromatic nitrogens is 2. The number of pyridine rings is 2. The Labute approximate surface area is 173 Å². The molecule has 5 rings (SSSR count). The number of thiophene rings is 1. The van der Waals surface area contributed by atoms with Crippen molar-refractivity contribution in [2.75, 3.05) is 13.1 Å². The Morgan fingerprint density at radius 3 is 2.93 bits per heavy atom. The summed E-state index contributed by atoms with van der Waals surface area (Å²) < 4.78 is 0. The molecular weight excluding hydrogens is 378 g/mol. The second-order valence-electron chi connectivity index (χ2n) is 7.43. The lowest BCUT2D eigenvalue weighted by Gasteiger charge is -2.32. The molecule has 0 aliphatic carbocycles. The first-order valence-electron chi connectivity index (χ1n) is 9.93. The summed E-state index contributed by atoms with van der Waals surface area (Å²) in [5.74, 6) is 0.365. The van der Waals surface area contributed by atoms with Crippen LogP contribution < -0.4 is 0 Å². The van der Waals surface area contributed by atoms with Crippen molar-refractivity contribution in [3.63, 3.8) is 0 Å². The number of hydrogen-bond donors (Lipinski definition) is 0. The molecule has 144 valence electrons. The number of nitrogens with zero attached hydrogens (tertiary/aromatic N) is 3. The lowest BCUT2D eigenvalue weighted by atomic mass is 9.93. The molecule has 0 spiro atoms. The Morgan fingerprint density at radius 1 is 1.07 bits per heavy atom. The van der Waals surface area contributed by atoms with Gasteiger partial charge in [0.1, 0.15) is 0 Å². The zero-order valence-electron chi connectivity index (χ0n) is 16.0. The van der Waals surface area contributed by atoms with Crippen LogP contribution in [0.4, 0.5) is 0 Å². The summed E-state index contributed by atoms with van der Waals surface area (Å²) in [4.78, 5) is 25.6. The molecule has 0 unspecified atom stereocenters. The third-order valence-electron chi connectivity index (χ3n) is 5.52. The minimum atomic E-state index is 0.0925. The van der Waals surface area contributed by atoms with Crippen LogP contribution in [0.1, 0.15) is 34.8 Å². The van der Waals surface area contributed by atoms with Crippen molar-refractivity contribution in [1.82, 2.24) is 14.9 Å². The predicted octanol–water partition coefficient (Wildman–Crippen LogP) is 5.38. The van der Waals surface area contributed by atoms with E-state index in [1.165, 1.54) is 4.88 Å². The van der Waals surface area contributed by atoms with Crippen molar-refractivity contribution >= 4 is 28.1 Å². The van der Waals surface area contributed by atoms with Crippen molar-refractivity contribution in [1.29, 1.82) is 0 Å². The van der Waals surface area contributed by atoms with Crippen LogP contribution in [0.15, 0.2) is 72.2 Å². The second-order valence-corrected chi connectivity index (χ2v) is 8.37. The summed E-state index contributed by atoms with van der Waals surface area (Å²) in [7, 11) is 0. The van der Waals surface area contributed by atoms with Gasteiger partial charge in [-0.15, -0.1) is 11.3 Å². The molecule has 1 fully saturated rings. The fourth-order valence-electron chi connectivity index (χ4n) is 4.03. The van der Waals surface area contributed by atoms with Crippen LogP contribution in [0.25, 0.3) is 21.5 Å². The molecule has 0 N–H and O–H groups in total. The van der Waals surface area contributed by atoms with Gasteiger partial charge in [-0.1, -0.05) is 18.2 Å². The summed E-state index contributed by atoms with van der Waals surface area (Å²) in [5.41, 5.74) is 3.74. The molecule has 1 aliphatic rings. The summed E-state index contributed by atoms with van der Waals surface area (Å²) in [6.07, 6.45) is 3.83. The van der Waals surface area contributed by atoms with Gasteiger partial charge in [-0.3, -0.25) is 14.8 Å². The molecule has 0 radical (unpaired) electrons. The summed E-state index contributed by atoms with van der Waals surface area (Å²) in [6, 6.07) is 20.0. The molecule has 1 aliphatic heterocycles. The van der Waals surface area contributed by atoms with Crippen LogP contribution in [-0.4, -0.2) is 33.9 Å². The van der Waals surface area contributed by atoms with E-state index < -0.39 is 0 Å². The van der Waals surface area contributed by atoms with E-state index in [-0.39, 0.29) is 11.8 Å². The Morgan fingerprint density at radius 2 is 2.03 bits per heavy atom. The van der Waals surface area contributed by atoms with E-state index in [0.29, 0.717) is 6.54 Å². The van der Waals surface area contributed by atoms with Gasteiger partial charge in [0.25, 0.3) is 5.91 Å². The molecule has 29 heavy (non-hydrogen) atoms. The van der Waals surface area contributed by atoms with Crippen molar-refractivity contribution in [3.8, 4) is 10.6 Å². The van der Waals surface area contributed by atoms with Crippen LogP contribution in [0.2, 0.25) is 0 Å². The van der Waals surface area contributed by atoms with Crippen LogP contribution in [-0.2, 0) is 0 Å². The molecule has 5 heteroatoms. The predicted molar refractivity (Wildman–Crippen MR) is 117 cm³/mol. The number of fused-ring (bicyclic) bond motifs is 1. The smallest absolute Gasteiger partial charge is 0.253 e. The van der Waals surface area contributed by atoms with Crippen molar-refractivity contribution in [2.24, 2.45) is 0 Å². The van der Waals surface area contributed by atoms with Crippen molar-refractivity contribution in [2.45, 2.75) is 18.8 Å².